The van der Waals surface area contributed by atoms with E-state index in [1.807, 2.05) is 0 Å². The van der Waals surface area contributed by atoms with E-state index in [1.54, 1.807) is 0 Å². The van der Waals surface area contributed by atoms with Crippen LogP contribution in [0.15, 0.2) is 0 Å². The van der Waals surface area contributed by atoms with Gasteiger partial charge in [0.25, 0.3) is 0 Å². The number of nitrogens with one attached hydrogen (secondary N) is 2. The maximum Gasteiger partial charge on any atom is 0.322 e. The number of hydrogen-bond donors (Lipinski definition) is 3. The molecule has 1 unspecified atom stereocenters. The molecule has 14 heavy (non-hydrogen) atoms. The van der Waals surface area contributed by atoms with Crippen LogP contribution in [0.2, 0.25) is 0 Å². The number of unbranched alkanes of at least 4 members (excludes halogenated alkanes) is 3. The second-order valence-corrected chi connectivity index (χ2v) is 3.16. The molecule has 0 saturated carbocycles. The minimum Gasteiger partial charge on any atom is -0.381 e. The third kappa shape index (κ3) is 5.47. The average Bonchev–Trinajstić information content (AvgIpc) is 2.09. The fraction of sp³-hybridized carbons (Fsp3) is 0.875. The number of amidine groups is 1. The minimum atomic E-state index is -1.23. The molecule has 0 aromatic rings. The molecule has 0 saturated heterocycles. The summed E-state index contributed by atoms with van der Waals surface area (Å²) < 4.78 is 0. The number of nitrogens with two attached hydrogens (primary N) is 1. The SMILES string of the molecule is CCCCCCNC(C(=N)N)[N+](=O)[O-]. The first-order valence-corrected chi connectivity index (χ1v) is 4.80. The van der Waals surface area contributed by atoms with Gasteiger partial charge >= 0.3 is 6.17 Å². The van der Waals surface area contributed by atoms with E-state index in [1.165, 1.54) is 0 Å². The number of hydrogen-bond acceptors (Lipinski definition) is 4. The molecule has 0 aromatic heterocycles. The van der Waals surface area contributed by atoms with Gasteiger partial charge in [-0.1, -0.05) is 26.2 Å². The van der Waals surface area contributed by atoms with E-state index < -0.39 is 16.9 Å². The maximum atomic E-state index is 10.4. The summed E-state index contributed by atoms with van der Waals surface area (Å²) in [6.07, 6.45) is 2.96. The van der Waals surface area contributed by atoms with E-state index in [2.05, 4.69) is 12.2 Å². The molecule has 6 heteroatoms. The van der Waals surface area contributed by atoms with Gasteiger partial charge in [-0.15, -0.1) is 0 Å². The van der Waals surface area contributed by atoms with Crippen molar-refractivity contribution < 1.29 is 4.92 Å². The lowest BCUT2D eigenvalue weighted by molar-refractivity contribution is -0.509. The number of nitro groups is 1. The van der Waals surface area contributed by atoms with Gasteiger partial charge < -0.3 is 5.73 Å². The van der Waals surface area contributed by atoms with Crippen molar-refractivity contribution in [2.75, 3.05) is 6.54 Å². The van der Waals surface area contributed by atoms with E-state index in [0.29, 0.717) is 6.54 Å². The molecule has 0 spiro atoms. The largest absolute Gasteiger partial charge is 0.381 e. The highest BCUT2D eigenvalue weighted by Crippen LogP contribution is 1.97. The normalized spacial score (nSPS) is 12.4. The lowest BCUT2D eigenvalue weighted by atomic mass is 10.2. The Hall–Kier alpha value is -1.17. The Bertz CT molecular complexity index is 182. The first-order valence-electron chi connectivity index (χ1n) is 4.80. The first kappa shape index (κ1) is 12.8. The molecule has 4 N–H and O–H groups in total. The predicted octanol–water partition coefficient (Wildman–Crippen LogP) is 0.695. The van der Waals surface area contributed by atoms with Crippen molar-refractivity contribution in [3.63, 3.8) is 0 Å². The molecule has 0 amide bonds. The fourth-order valence-corrected chi connectivity index (χ4v) is 1.09. The van der Waals surface area contributed by atoms with E-state index in [9.17, 15) is 10.1 Å². The van der Waals surface area contributed by atoms with Gasteiger partial charge in [-0.3, -0.25) is 15.5 Å². The van der Waals surface area contributed by atoms with Gasteiger partial charge in [-0.25, -0.2) is 5.32 Å². The summed E-state index contributed by atoms with van der Waals surface area (Å²) in [4.78, 5) is 9.80. The average molecular weight is 202 g/mol. The molecular weight excluding hydrogens is 184 g/mol. The summed E-state index contributed by atoms with van der Waals surface area (Å²) in [5.41, 5.74) is 5.06. The van der Waals surface area contributed by atoms with Crippen molar-refractivity contribution in [3.8, 4) is 0 Å². The Labute approximate surface area is 83.5 Å². The van der Waals surface area contributed by atoms with Gasteiger partial charge in [-0.2, -0.15) is 0 Å². The molecule has 0 aliphatic carbocycles. The summed E-state index contributed by atoms with van der Waals surface area (Å²) in [6, 6.07) is 0. The minimum absolute atomic E-state index is 0.439. The summed E-state index contributed by atoms with van der Waals surface area (Å²) in [7, 11) is 0. The molecule has 6 nitrogen and oxygen atoms in total. The third-order valence-corrected chi connectivity index (χ3v) is 1.87. The van der Waals surface area contributed by atoms with E-state index >= 15 is 0 Å². The second kappa shape index (κ2) is 7.25. The zero-order valence-corrected chi connectivity index (χ0v) is 8.45. The number of nitrogens with zero attached hydrogens (tertiary/aromatic N) is 1. The van der Waals surface area contributed by atoms with Crippen molar-refractivity contribution in [1.82, 2.24) is 5.32 Å². The molecule has 82 valence electrons. The van der Waals surface area contributed by atoms with Crippen molar-refractivity contribution in [3.05, 3.63) is 10.1 Å². The zero-order valence-electron chi connectivity index (χ0n) is 8.45. The van der Waals surface area contributed by atoms with Crippen LogP contribution in [-0.2, 0) is 0 Å². The maximum absolute atomic E-state index is 10.4. The van der Waals surface area contributed by atoms with Crippen molar-refractivity contribution in [2.24, 2.45) is 5.73 Å². The van der Waals surface area contributed by atoms with Gasteiger partial charge in [0.1, 0.15) is 0 Å². The standard InChI is InChI=1S/C8H18N4O2/c1-2-3-4-5-6-11-8(7(9)10)12(13)14/h8,11H,2-6H2,1H3,(H3,9,10). The molecule has 0 fully saturated rings. The Morgan fingerprint density at radius 1 is 1.57 bits per heavy atom. The van der Waals surface area contributed by atoms with Gasteiger partial charge in [-0.05, 0) is 6.42 Å². The molecule has 0 aliphatic heterocycles. The smallest absolute Gasteiger partial charge is 0.322 e. The van der Waals surface area contributed by atoms with Crippen LogP contribution in [0.25, 0.3) is 0 Å². The van der Waals surface area contributed by atoms with Gasteiger partial charge in [0.05, 0.1) is 0 Å². The van der Waals surface area contributed by atoms with Crippen LogP contribution >= 0.6 is 0 Å². The highest BCUT2D eigenvalue weighted by molar-refractivity contribution is 5.80. The Balaban J connectivity index is 3.62. The van der Waals surface area contributed by atoms with Crippen LogP contribution in [0.3, 0.4) is 0 Å². The highest BCUT2D eigenvalue weighted by Gasteiger charge is 2.21. The van der Waals surface area contributed by atoms with Crippen molar-refractivity contribution in [2.45, 2.75) is 38.8 Å². The summed E-state index contributed by atoms with van der Waals surface area (Å²) in [5, 5.41) is 20.0. The lowest BCUT2D eigenvalue weighted by Gasteiger charge is -2.08. The molecule has 0 aliphatic rings. The van der Waals surface area contributed by atoms with Crippen LogP contribution in [0.1, 0.15) is 32.6 Å². The van der Waals surface area contributed by atoms with Crippen LogP contribution in [0, 0.1) is 15.5 Å². The molecule has 0 aromatic carbocycles. The lowest BCUT2D eigenvalue weighted by Crippen LogP contribution is -2.46. The molecule has 0 rings (SSSR count). The van der Waals surface area contributed by atoms with Crippen LogP contribution < -0.4 is 11.1 Å². The van der Waals surface area contributed by atoms with Gasteiger partial charge in [0.15, 0.2) is 5.84 Å². The monoisotopic (exact) mass is 202 g/mol. The van der Waals surface area contributed by atoms with E-state index in [4.69, 9.17) is 11.1 Å². The molecule has 0 bridgehead atoms. The van der Waals surface area contributed by atoms with Crippen LogP contribution in [-0.4, -0.2) is 23.5 Å². The van der Waals surface area contributed by atoms with E-state index in [-0.39, 0.29) is 0 Å². The Morgan fingerprint density at radius 3 is 2.64 bits per heavy atom. The summed E-state index contributed by atoms with van der Waals surface area (Å²) >= 11 is 0. The van der Waals surface area contributed by atoms with Crippen molar-refractivity contribution in [1.29, 1.82) is 5.41 Å². The van der Waals surface area contributed by atoms with E-state index in [0.717, 1.165) is 25.7 Å². The Morgan fingerprint density at radius 2 is 2.21 bits per heavy atom. The van der Waals surface area contributed by atoms with Crippen LogP contribution in [0.4, 0.5) is 0 Å². The predicted molar refractivity (Wildman–Crippen MR) is 54.8 cm³/mol. The van der Waals surface area contributed by atoms with Crippen LogP contribution in [0.5, 0.6) is 0 Å². The zero-order chi connectivity index (χ0) is 11.0. The highest BCUT2D eigenvalue weighted by atomic mass is 16.6. The molecule has 1 atom stereocenters. The summed E-state index contributed by atoms with van der Waals surface area (Å²) in [5.74, 6) is -0.439. The third-order valence-electron chi connectivity index (χ3n) is 1.87. The molecule has 0 heterocycles. The van der Waals surface area contributed by atoms with Gasteiger partial charge in [0, 0.05) is 11.5 Å². The van der Waals surface area contributed by atoms with Gasteiger partial charge in [0.2, 0.25) is 0 Å². The summed E-state index contributed by atoms with van der Waals surface area (Å²) in [6.45, 7) is 2.63. The first-order chi connectivity index (χ1) is 6.59. The number of rotatable bonds is 8. The molecule has 0 radical (unpaired) electrons. The van der Waals surface area contributed by atoms with Crippen molar-refractivity contribution >= 4 is 5.84 Å². The molecular formula is C8H18N4O2. The Kier molecular flexibility index (Phi) is 6.65. The topological polar surface area (TPSA) is 105 Å². The quantitative estimate of drug-likeness (QED) is 0.134. The fourth-order valence-electron chi connectivity index (χ4n) is 1.09. The second-order valence-electron chi connectivity index (χ2n) is 3.16.